The Hall–Kier alpha value is -1.00. The Balaban J connectivity index is 2.70. The lowest BCUT2D eigenvalue weighted by Crippen LogP contribution is -2.41. The summed E-state index contributed by atoms with van der Waals surface area (Å²) in [5.74, 6) is 1.75. The first-order chi connectivity index (χ1) is 9.21. The molecular formula is C16H28O3Si. The van der Waals surface area contributed by atoms with E-state index in [1.165, 1.54) is 0 Å². The van der Waals surface area contributed by atoms with Crippen molar-refractivity contribution in [2.45, 2.75) is 45.3 Å². The van der Waals surface area contributed by atoms with Gasteiger partial charge in [0.25, 0.3) is 0 Å². The van der Waals surface area contributed by atoms with E-state index in [9.17, 15) is 0 Å². The summed E-state index contributed by atoms with van der Waals surface area (Å²) in [6.45, 7) is 12.0. The highest BCUT2D eigenvalue weighted by Crippen LogP contribution is 2.36. The quantitative estimate of drug-likeness (QED) is 0.734. The largest absolute Gasteiger partial charge is 0.497 e. The molecule has 1 rings (SSSR count). The zero-order chi connectivity index (χ0) is 15.4. The molecule has 1 aromatic rings. The lowest BCUT2D eigenvalue weighted by atomic mass is 10.1. The molecule has 0 spiro atoms. The zero-order valence-corrected chi connectivity index (χ0v) is 14.9. The number of ether oxygens (including phenoxy) is 2. The van der Waals surface area contributed by atoms with Gasteiger partial charge in [0.2, 0.25) is 0 Å². The maximum absolute atomic E-state index is 6.21. The highest BCUT2D eigenvalue weighted by atomic mass is 28.4. The average molecular weight is 296 g/mol. The van der Waals surface area contributed by atoms with Crippen LogP contribution in [0.2, 0.25) is 18.1 Å². The Morgan fingerprint density at radius 2 is 1.70 bits per heavy atom. The Morgan fingerprint density at radius 3 is 2.20 bits per heavy atom. The molecule has 0 saturated heterocycles. The van der Waals surface area contributed by atoms with Gasteiger partial charge >= 0.3 is 0 Å². The SMILES string of the molecule is COc1ccc(OC)c(CCO[Si](C)(C)C(C)(C)C)c1. The summed E-state index contributed by atoms with van der Waals surface area (Å²) < 4.78 is 16.9. The van der Waals surface area contributed by atoms with Crippen LogP contribution in [0.4, 0.5) is 0 Å². The van der Waals surface area contributed by atoms with Gasteiger partial charge < -0.3 is 13.9 Å². The number of hydrogen-bond acceptors (Lipinski definition) is 3. The summed E-state index contributed by atoms with van der Waals surface area (Å²) in [4.78, 5) is 0. The molecule has 0 N–H and O–H groups in total. The average Bonchev–Trinajstić information content (AvgIpc) is 2.37. The lowest BCUT2D eigenvalue weighted by Gasteiger charge is -2.36. The smallest absolute Gasteiger partial charge is 0.191 e. The molecule has 3 nitrogen and oxygen atoms in total. The van der Waals surface area contributed by atoms with Gasteiger partial charge in [-0.1, -0.05) is 20.8 Å². The molecule has 0 heterocycles. The van der Waals surface area contributed by atoms with Crippen molar-refractivity contribution in [3.8, 4) is 11.5 Å². The fourth-order valence-corrected chi connectivity index (χ4v) is 2.76. The van der Waals surface area contributed by atoms with Gasteiger partial charge in [-0.2, -0.15) is 0 Å². The first-order valence-corrected chi connectivity index (χ1v) is 9.97. The van der Waals surface area contributed by atoms with E-state index in [0.29, 0.717) is 0 Å². The summed E-state index contributed by atoms with van der Waals surface area (Å²) in [6, 6.07) is 5.88. The molecule has 0 saturated carbocycles. The second kappa shape index (κ2) is 6.63. The standard InChI is InChI=1S/C16H28O3Si/c1-16(2,3)20(6,7)19-11-10-13-12-14(17-4)8-9-15(13)18-5/h8-9,12H,10-11H2,1-7H3. The second-order valence-electron chi connectivity index (χ2n) is 6.54. The van der Waals surface area contributed by atoms with E-state index >= 15 is 0 Å². The second-order valence-corrected chi connectivity index (χ2v) is 11.3. The van der Waals surface area contributed by atoms with Crippen LogP contribution in [-0.2, 0) is 10.8 Å². The molecule has 0 radical (unpaired) electrons. The molecule has 4 heteroatoms. The van der Waals surface area contributed by atoms with Crippen LogP contribution in [0.25, 0.3) is 0 Å². The van der Waals surface area contributed by atoms with Gasteiger partial charge in [-0.15, -0.1) is 0 Å². The third-order valence-corrected chi connectivity index (χ3v) is 8.67. The van der Waals surface area contributed by atoms with Crippen LogP contribution >= 0.6 is 0 Å². The van der Waals surface area contributed by atoms with Crippen molar-refractivity contribution in [2.24, 2.45) is 0 Å². The first kappa shape index (κ1) is 17.0. The van der Waals surface area contributed by atoms with Crippen molar-refractivity contribution in [3.63, 3.8) is 0 Å². The number of rotatable bonds is 6. The van der Waals surface area contributed by atoms with Crippen LogP contribution in [0.3, 0.4) is 0 Å². The predicted molar refractivity (Wildman–Crippen MR) is 86.4 cm³/mol. The van der Waals surface area contributed by atoms with E-state index in [2.05, 4.69) is 33.9 Å². The molecule has 0 fully saturated rings. The molecule has 0 bridgehead atoms. The maximum Gasteiger partial charge on any atom is 0.191 e. The lowest BCUT2D eigenvalue weighted by molar-refractivity contribution is 0.289. The molecular weight excluding hydrogens is 268 g/mol. The van der Waals surface area contributed by atoms with Gasteiger partial charge in [-0.25, -0.2) is 0 Å². The Bertz CT molecular complexity index is 436. The molecule has 20 heavy (non-hydrogen) atoms. The molecule has 0 aliphatic rings. The number of methoxy groups -OCH3 is 2. The van der Waals surface area contributed by atoms with Crippen LogP contribution in [-0.4, -0.2) is 29.1 Å². The molecule has 0 unspecified atom stereocenters. The van der Waals surface area contributed by atoms with E-state index in [1.54, 1.807) is 14.2 Å². The summed E-state index contributed by atoms with van der Waals surface area (Å²) in [5, 5.41) is 0.242. The number of benzene rings is 1. The van der Waals surface area contributed by atoms with Gasteiger partial charge in [0.1, 0.15) is 11.5 Å². The number of hydrogen-bond donors (Lipinski definition) is 0. The van der Waals surface area contributed by atoms with Gasteiger partial charge in [-0.05, 0) is 48.3 Å². The van der Waals surface area contributed by atoms with E-state index < -0.39 is 8.32 Å². The van der Waals surface area contributed by atoms with Gasteiger partial charge in [0.15, 0.2) is 8.32 Å². The maximum atomic E-state index is 6.21. The van der Waals surface area contributed by atoms with Crippen LogP contribution in [0.5, 0.6) is 11.5 Å². The molecule has 1 aromatic carbocycles. The molecule has 0 aromatic heterocycles. The predicted octanol–water partition coefficient (Wildman–Crippen LogP) is 4.27. The minimum Gasteiger partial charge on any atom is -0.497 e. The summed E-state index contributed by atoms with van der Waals surface area (Å²) >= 11 is 0. The fraction of sp³-hybridized carbons (Fsp3) is 0.625. The Morgan fingerprint density at radius 1 is 1.05 bits per heavy atom. The van der Waals surface area contributed by atoms with Gasteiger partial charge in [0, 0.05) is 6.61 Å². The van der Waals surface area contributed by atoms with Crippen molar-refractivity contribution < 1.29 is 13.9 Å². The minimum atomic E-state index is -1.68. The first-order valence-electron chi connectivity index (χ1n) is 7.06. The van der Waals surface area contributed by atoms with Crippen LogP contribution in [0.15, 0.2) is 18.2 Å². The molecule has 0 aliphatic carbocycles. The van der Waals surface area contributed by atoms with E-state index in [-0.39, 0.29) is 5.04 Å². The molecule has 0 aliphatic heterocycles. The summed E-state index contributed by atoms with van der Waals surface area (Å²) in [7, 11) is 1.69. The third-order valence-electron chi connectivity index (χ3n) is 4.13. The van der Waals surface area contributed by atoms with Crippen molar-refractivity contribution >= 4 is 8.32 Å². The van der Waals surface area contributed by atoms with E-state index in [0.717, 1.165) is 30.1 Å². The zero-order valence-electron chi connectivity index (χ0n) is 13.9. The summed E-state index contributed by atoms with van der Waals surface area (Å²) in [5.41, 5.74) is 1.13. The Labute approximate surface area is 124 Å². The van der Waals surface area contributed by atoms with Crippen molar-refractivity contribution in [3.05, 3.63) is 23.8 Å². The van der Waals surface area contributed by atoms with Crippen molar-refractivity contribution in [1.29, 1.82) is 0 Å². The van der Waals surface area contributed by atoms with E-state index in [1.807, 2.05) is 18.2 Å². The van der Waals surface area contributed by atoms with E-state index in [4.69, 9.17) is 13.9 Å². The summed E-state index contributed by atoms with van der Waals surface area (Å²) in [6.07, 6.45) is 0.840. The fourth-order valence-electron chi connectivity index (χ4n) is 1.71. The van der Waals surface area contributed by atoms with Gasteiger partial charge in [0.05, 0.1) is 14.2 Å². The van der Waals surface area contributed by atoms with Crippen molar-refractivity contribution in [2.75, 3.05) is 20.8 Å². The van der Waals surface area contributed by atoms with Crippen LogP contribution in [0.1, 0.15) is 26.3 Å². The van der Waals surface area contributed by atoms with Crippen LogP contribution in [0, 0.1) is 0 Å². The van der Waals surface area contributed by atoms with Crippen LogP contribution < -0.4 is 9.47 Å². The minimum absolute atomic E-state index is 0.242. The molecule has 0 amide bonds. The highest BCUT2D eigenvalue weighted by molar-refractivity contribution is 6.74. The van der Waals surface area contributed by atoms with Crippen molar-refractivity contribution in [1.82, 2.24) is 0 Å². The normalized spacial score (nSPS) is 12.3. The highest BCUT2D eigenvalue weighted by Gasteiger charge is 2.36. The third kappa shape index (κ3) is 4.25. The monoisotopic (exact) mass is 296 g/mol. The topological polar surface area (TPSA) is 27.7 Å². The molecule has 0 atom stereocenters. The van der Waals surface area contributed by atoms with Gasteiger partial charge in [-0.3, -0.25) is 0 Å². The molecule has 114 valence electrons. The Kier molecular flexibility index (Phi) is 5.65.